The lowest BCUT2D eigenvalue weighted by Gasteiger charge is -2.36. The second-order valence-electron chi connectivity index (χ2n) is 5.35. The number of hydrogen-bond acceptors (Lipinski definition) is 4. The van der Waals surface area contributed by atoms with Crippen molar-refractivity contribution in [1.82, 2.24) is 4.98 Å². The summed E-state index contributed by atoms with van der Waals surface area (Å²) >= 11 is 0. The second-order valence-corrected chi connectivity index (χ2v) is 5.35. The van der Waals surface area contributed by atoms with Crippen LogP contribution in [0.1, 0.15) is 31.4 Å². The van der Waals surface area contributed by atoms with E-state index in [0.29, 0.717) is 0 Å². The Bertz CT molecular complexity index is 471. The molecule has 0 aromatic carbocycles. The molecule has 1 saturated carbocycles. The maximum Gasteiger partial charge on any atom is 0.308 e. The van der Waals surface area contributed by atoms with E-state index >= 15 is 0 Å². The van der Waals surface area contributed by atoms with E-state index in [1.165, 1.54) is 7.11 Å². The zero-order valence-electron chi connectivity index (χ0n) is 10.6. The van der Waals surface area contributed by atoms with E-state index < -0.39 is 0 Å². The number of ether oxygens (including phenoxy) is 1. The Morgan fingerprint density at radius 1 is 1.61 bits per heavy atom. The van der Waals surface area contributed by atoms with Crippen LogP contribution >= 0.6 is 0 Å². The molecule has 1 spiro atoms. The molecule has 2 aliphatic rings. The van der Waals surface area contributed by atoms with Crippen LogP contribution in [0.4, 0.5) is 5.69 Å². The van der Waals surface area contributed by atoms with Crippen molar-refractivity contribution in [3.8, 4) is 0 Å². The summed E-state index contributed by atoms with van der Waals surface area (Å²) < 4.78 is 4.90. The van der Waals surface area contributed by atoms with Crippen LogP contribution in [0.5, 0.6) is 0 Å². The van der Waals surface area contributed by atoms with Gasteiger partial charge in [0, 0.05) is 18.2 Å². The third kappa shape index (κ3) is 1.67. The van der Waals surface area contributed by atoms with Crippen molar-refractivity contribution in [2.75, 3.05) is 19.0 Å². The number of hydrogen-bond donors (Lipinski definition) is 1. The lowest BCUT2D eigenvalue weighted by Crippen LogP contribution is -2.38. The largest absolute Gasteiger partial charge is 0.469 e. The van der Waals surface area contributed by atoms with Gasteiger partial charge >= 0.3 is 5.97 Å². The monoisotopic (exact) mass is 246 g/mol. The first-order valence-corrected chi connectivity index (χ1v) is 6.52. The summed E-state index contributed by atoms with van der Waals surface area (Å²) in [6.45, 7) is 0.896. The topological polar surface area (TPSA) is 51.2 Å². The Morgan fingerprint density at radius 2 is 2.50 bits per heavy atom. The first-order chi connectivity index (χ1) is 8.75. The molecule has 1 fully saturated rings. The molecule has 0 amide bonds. The van der Waals surface area contributed by atoms with Gasteiger partial charge in [-0.05, 0) is 31.4 Å². The predicted octanol–water partition coefficient (Wildman–Crippen LogP) is 2.11. The zero-order valence-corrected chi connectivity index (χ0v) is 10.6. The summed E-state index contributed by atoms with van der Waals surface area (Å²) in [7, 11) is 1.47. The van der Waals surface area contributed by atoms with Gasteiger partial charge in [0.1, 0.15) is 0 Å². The summed E-state index contributed by atoms with van der Waals surface area (Å²) in [4.78, 5) is 16.3. The Morgan fingerprint density at radius 3 is 3.33 bits per heavy atom. The van der Waals surface area contributed by atoms with Gasteiger partial charge in [0.15, 0.2) is 0 Å². The van der Waals surface area contributed by atoms with Crippen molar-refractivity contribution in [2.45, 2.75) is 31.1 Å². The molecule has 1 N–H and O–H groups in total. The van der Waals surface area contributed by atoms with E-state index in [1.54, 1.807) is 0 Å². The van der Waals surface area contributed by atoms with Gasteiger partial charge in [-0.25, -0.2) is 0 Å². The lowest BCUT2D eigenvalue weighted by atomic mass is 9.68. The molecule has 3 rings (SSSR count). The van der Waals surface area contributed by atoms with Crippen LogP contribution in [0.15, 0.2) is 18.3 Å². The van der Waals surface area contributed by atoms with E-state index in [4.69, 9.17) is 4.74 Å². The number of esters is 1. The fourth-order valence-corrected chi connectivity index (χ4v) is 3.42. The second kappa shape index (κ2) is 4.26. The average Bonchev–Trinajstić information content (AvgIpc) is 2.77. The zero-order chi connectivity index (χ0) is 12.6. The number of anilines is 1. The van der Waals surface area contributed by atoms with Crippen LogP contribution in [0.25, 0.3) is 0 Å². The van der Waals surface area contributed by atoms with E-state index in [1.807, 2.05) is 12.3 Å². The van der Waals surface area contributed by atoms with Gasteiger partial charge in [-0.2, -0.15) is 0 Å². The van der Waals surface area contributed by atoms with Crippen LogP contribution < -0.4 is 5.32 Å². The summed E-state index contributed by atoms with van der Waals surface area (Å²) in [5.41, 5.74) is 2.30. The molecule has 0 saturated heterocycles. The number of nitrogens with one attached hydrogen (secondary N) is 1. The molecule has 1 aromatic heterocycles. The summed E-state index contributed by atoms with van der Waals surface area (Å²) in [5.74, 6) is -0.0445. The van der Waals surface area contributed by atoms with Crippen LogP contribution in [-0.4, -0.2) is 24.6 Å². The van der Waals surface area contributed by atoms with Crippen molar-refractivity contribution >= 4 is 11.7 Å². The SMILES string of the molecule is COC(=O)C1CCCC2(CNc3cccnc32)C1. The van der Waals surface area contributed by atoms with Gasteiger partial charge in [-0.1, -0.05) is 6.42 Å². The van der Waals surface area contributed by atoms with Crippen molar-refractivity contribution in [2.24, 2.45) is 5.92 Å². The molecule has 4 heteroatoms. The molecule has 0 bridgehead atoms. The van der Waals surface area contributed by atoms with E-state index in [-0.39, 0.29) is 17.3 Å². The van der Waals surface area contributed by atoms with E-state index in [9.17, 15) is 4.79 Å². The number of pyridine rings is 1. The molecule has 2 atom stereocenters. The van der Waals surface area contributed by atoms with Gasteiger partial charge in [0.05, 0.1) is 24.4 Å². The molecule has 2 heterocycles. The smallest absolute Gasteiger partial charge is 0.308 e. The molecular formula is C14H18N2O2. The highest BCUT2D eigenvalue weighted by molar-refractivity contribution is 5.73. The Labute approximate surface area is 107 Å². The molecule has 1 aliphatic heterocycles. The van der Waals surface area contributed by atoms with Crippen molar-refractivity contribution in [3.63, 3.8) is 0 Å². The molecule has 4 nitrogen and oxygen atoms in total. The van der Waals surface area contributed by atoms with Crippen LogP contribution in [0.2, 0.25) is 0 Å². The lowest BCUT2D eigenvalue weighted by molar-refractivity contribution is -0.147. The minimum absolute atomic E-state index is 0.0264. The average molecular weight is 246 g/mol. The minimum Gasteiger partial charge on any atom is -0.469 e. The van der Waals surface area contributed by atoms with E-state index in [2.05, 4.69) is 16.4 Å². The highest BCUT2D eigenvalue weighted by Gasteiger charge is 2.45. The molecule has 18 heavy (non-hydrogen) atoms. The number of carbonyl (C=O) groups is 1. The molecular weight excluding hydrogens is 228 g/mol. The molecule has 1 aliphatic carbocycles. The Kier molecular flexibility index (Phi) is 2.73. The van der Waals surface area contributed by atoms with Gasteiger partial charge in [-0.3, -0.25) is 9.78 Å². The Hall–Kier alpha value is -1.58. The first-order valence-electron chi connectivity index (χ1n) is 6.52. The number of nitrogens with zero attached hydrogens (tertiary/aromatic N) is 1. The minimum atomic E-state index is -0.0709. The third-order valence-electron chi connectivity index (χ3n) is 4.31. The van der Waals surface area contributed by atoms with Crippen LogP contribution in [0.3, 0.4) is 0 Å². The van der Waals surface area contributed by atoms with Gasteiger partial charge in [-0.15, -0.1) is 0 Å². The highest BCUT2D eigenvalue weighted by atomic mass is 16.5. The van der Waals surface area contributed by atoms with Gasteiger partial charge in [0.25, 0.3) is 0 Å². The van der Waals surface area contributed by atoms with Gasteiger partial charge < -0.3 is 10.1 Å². The molecule has 96 valence electrons. The quantitative estimate of drug-likeness (QED) is 0.771. The molecule has 1 aromatic rings. The summed E-state index contributed by atoms with van der Waals surface area (Å²) in [5, 5.41) is 3.42. The van der Waals surface area contributed by atoms with Crippen molar-refractivity contribution in [3.05, 3.63) is 24.0 Å². The maximum absolute atomic E-state index is 11.8. The highest BCUT2D eigenvalue weighted by Crippen LogP contribution is 2.47. The number of carbonyl (C=O) groups excluding carboxylic acids is 1. The fourth-order valence-electron chi connectivity index (χ4n) is 3.42. The number of methoxy groups -OCH3 is 1. The summed E-state index contributed by atoms with van der Waals surface area (Å²) in [6, 6.07) is 4.02. The van der Waals surface area contributed by atoms with Crippen molar-refractivity contribution in [1.29, 1.82) is 0 Å². The first kappa shape index (κ1) is 11.5. The maximum atomic E-state index is 11.8. The van der Waals surface area contributed by atoms with Crippen molar-refractivity contribution < 1.29 is 9.53 Å². The van der Waals surface area contributed by atoms with Gasteiger partial charge in [0.2, 0.25) is 0 Å². The predicted molar refractivity (Wildman–Crippen MR) is 68.4 cm³/mol. The molecule has 0 radical (unpaired) electrons. The van der Waals surface area contributed by atoms with Crippen LogP contribution in [0, 0.1) is 5.92 Å². The number of fused-ring (bicyclic) bond motifs is 2. The standard InChI is InChI=1S/C14H18N2O2/c1-18-13(17)10-4-2-6-14(8-10)9-16-11-5-3-7-15-12(11)14/h3,5,7,10,16H,2,4,6,8-9H2,1H3. The van der Waals surface area contributed by atoms with E-state index in [0.717, 1.165) is 43.6 Å². The number of aromatic nitrogens is 1. The third-order valence-corrected chi connectivity index (χ3v) is 4.31. The molecule has 2 unspecified atom stereocenters. The number of rotatable bonds is 1. The Balaban J connectivity index is 1.90. The normalized spacial score (nSPS) is 29.7. The fraction of sp³-hybridized carbons (Fsp3) is 0.571. The van der Waals surface area contributed by atoms with Crippen LogP contribution in [-0.2, 0) is 14.9 Å². The summed E-state index contributed by atoms with van der Waals surface area (Å²) in [6.07, 6.45) is 5.82.